The number of hydrogen-bond donors (Lipinski definition) is 2. The van der Waals surface area contributed by atoms with Crippen LogP contribution in [0, 0.1) is 0 Å². The molecule has 0 spiro atoms. The predicted molar refractivity (Wildman–Crippen MR) is 103 cm³/mol. The van der Waals surface area contributed by atoms with Crippen LogP contribution in [-0.4, -0.2) is 36.6 Å². The van der Waals surface area contributed by atoms with E-state index in [4.69, 9.17) is 0 Å². The van der Waals surface area contributed by atoms with Crippen molar-refractivity contribution >= 4 is 53.0 Å². The van der Waals surface area contributed by atoms with Crippen LogP contribution in [0.3, 0.4) is 0 Å². The maximum Gasteiger partial charge on any atom is 0.191 e. The lowest BCUT2D eigenvalue weighted by Gasteiger charge is -2.24. The molecule has 0 bridgehead atoms. The van der Waals surface area contributed by atoms with E-state index in [0.29, 0.717) is 4.75 Å². The van der Waals surface area contributed by atoms with E-state index in [0.717, 1.165) is 25.5 Å². The van der Waals surface area contributed by atoms with Gasteiger partial charge in [-0.05, 0) is 43.4 Å². The van der Waals surface area contributed by atoms with Gasteiger partial charge in [0.15, 0.2) is 5.96 Å². The summed E-state index contributed by atoms with van der Waals surface area (Å²) in [6, 6.07) is 4.28. The summed E-state index contributed by atoms with van der Waals surface area (Å²) in [5.74, 6) is 2.22. The van der Waals surface area contributed by atoms with Crippen molar-refractivity contribution < 1.29 is 0 Å². The third-order valence-electron chi connectivity index (χ3n) is 3.40. The van der Waals surface area contributed by atoms with Crippen LogP contribution in [0.2, 0.25) is 0 Å². The minimum absolute atomic E-state index is 0. The minimum Gasteiger partial charge on any atom is -0.356 e. The van der Waals surface area contributed by atoms with Gasteiger partial charge in [0.05, 0.1) is 0 Å². The number of nitrogens with zero attached hydrogens (tertiary/aromatic N) is 1. The number of halogens is 1. The predicted octanol–water partition coefficient (Wildman–Crippen LogP) is 3.36. The first-order chi connectivity index (χ1) is 9.22. The summed E-state index contributed by atoms with van der Waals surface area (Å²) >= 11 is 3.89. The number of thioether (sulfide) groups is 1. The summed E-state index contributed by atoms with van der Waals surface area (Å²) in [5, 5.41) is 8.96. The Morgan fingerprint density at radius 2 is 2.30 bits per heavy atom. The first-order valence-corrected chi connectivity index (χ1v) is 8.69. The van der Waals surface area contributed by atoms with Crippen molar-refractivity contribution in [1.29, 1.82) is 0 Å². The second-order valence-electron chi connectivity index (χ2n) is 5.08. The van der Waals surface area contributed by atoms with E-state index in [9.17, 15) is 0 Å². The van der Waals surface area contributed by atoms with Crippen LogP contribution in [0.25, 0.3) is 0 Å². The summed E-state index contributed by atoms with van der Waals surface area (Å²) in [6.07, 6.45) is 3.70. The second-order valence-corrected chi connectivity index (χ2v) is 7.80. The average molecular weight is 425 g/mol. The van der Waals surface area contributed by atoms with Crippen LogP contribution in [0.15, 0.2) is 22.5 Å². The van der Waals surface area contributed by atoms with Crippen LogP contribution in [0.4, 0.5) is 0 Å². The molecule has 3 nitrogen and oxygen atoms in total. The van der Waals surface area contributed by atoms with Gasteiger partial charge < -0.3 is 10.6 Å². The standard InChI is InChI=1S/C14H23N3S2.HI/c1-14(7-4-10-19-14)11-17-13(15-2)16-8-6-12-5-3-9-18-12;/h3,5,9H,4,6-8,10-11H2,1-2H3,(H2,15,16,17);1H. The highest BCUT2D eigenvalue weighted by atomic mass is 127. The first-order valence-electron chi connectivity index (χ1n) is 6.83. The highest BCUT2D eigenvalue weighted by Gasteiger charge is 2.29. The van der Waals surface area contributed by atoms with Crippen LogP contribution >= 0.6 is 47.1 Å². The van der Waals surface area contributed by atoms with E-state index in [1.54, 1.807) is 0 Å². The van der Waals surface area contributed by atoms with Gasteiger partial charge in [0.1, 0.15) is 0 Å². The average Bonchev–Trinajstić information content (AvgIpc) is 3.06. The third kappa shape index (κ3) is 5.81. The maximum atomic E-state index is 4.29. The van der Waals surface area contributed by atoms with Crippen molar-refractivity contribution in [3.05, 3.63) is 22.4 Å². The van der Waals surface area contributed by atoms with Crippen LogP contribution < -0.4 is 10.6 Å². The van der Waals surface area contributed by atoms with E-state index in [-0.39, 0.29) is 24.0 Å². The molecule has 1 unspecified atom stereocenters. The summed E-state index contributed by atoms with van der Waals surface area (Å²) in [4.78, 5) is 5.71. The molecule has 1 atom stereocenters. The van der Waals surface area contributed by atoms with Gasteiger partial charge in [0, 0.05) is 29.8 Å². The molecule has 2 heterocycles. The molecule has 2 N–H and O–H groups in total. The molecule has 0 saturated carbocycles. The molecule has 0 aromatic carbocycles. The van der Waals surface area contributed by atoms with Gasteiger partial charge in [-0.15, -0.1) is 35.3 Å². The molecule has 0 aliphatic carbocycles. The second kappa shape index (κ2) is 9.15. The molecular formula is C14H24IN3S2. The molecule has 1 aromatic heterocycles. The number of thiophene rings is 1. The van der Waals surface area contributed by atoms with E-state index in [1.807, 2.05) is 18.4 Å². The molecule has 2 rings (SSSR count). The fourth-order valence-electron chi connectivity index (χ4n) is 2.23. The topological polar surface area (TPSA) is 36.4 Å². The van der Waals surface area contributed by atoms with E-state index in [2.05, 4.69) is 51.8 Å². The molecule has 6 heteroatoms. The zero-order valence-corrected chi connectivity index (χ0v) is 16.1. The molecule has 1 aliphatic rings. The number of hydrogen-bond acceptors (Lipinski definition) is 3. The number of nitrogens with one attached hydrogen (secondary N) is 2. The van der Waals surface area contributed by atoms with Gasteiger partial charge in [-0.2, -0.15) is 11.8 Å². The number of guanidine groups is 1. The molecular weight excluding hydrogens is 401 g/mol. The zero-order valence-electron chi connectivity index (χ0n) is 12.1. The van der Waals surface area contributed by atoms with Crippen molar-refractivity contribution in [3.8, 4) is 0 Å². The molecule has 0 radical (unpaired) electrons. The van der Waals surface area contributed by atoms with Gasteiger partial charge in [0.25, 0.3) is 0 Å². The maximum absolute atomic E-state index is 4.29. The largest absolute Gasteiger partial charge is 0.356 e. The monoisotopic (exact) mass is 425 g/mol. The van der Waals surface area contributed by atoms with Crippen LogP contribution in [0.1, 0.15) is 24.6 Å². The van der Waals surface area contributed by atoms with Gasteiger partial charge in [-0.25, -0.2) is 0 Å². The smallest absolute Gasteiger partial charge is 0.191 e. The van der Waals surface area contributed by atoms with Crippen molar-refractivity contribution in [2.75, 3.05) is 25.9 Å². The van der Waals surface area contributed by atoms with Crippen molar-refractivity contribution in [2.24, 2.45) is 4.99 Å². The number of rotatable bonds is 5. The Kier molecular flexibility index (Phi) is 8.28. The molecule has 1 fully saturated rings. The van der Waals surface area contributed by atoms with E-state index in [1.165, 1.54) is 23.5 Å². The summed E-state index contributed by atoms with van der Waals surface area (Å²) < 4.78 is 0.380. The van der Waals surface area contributed by atoms with Crippen LogP contribution in [-0.2, 0) is 6.42 Å². The first kappa shape index (κ1) is 18.1. The summed E-state index contributed by atoms with van der Waals surface area (Å²) in [5.41, 5.74) is 0. The Balaban J connectivity index is 0.00000200. The highest BCUT2D eigenvalue weighted by molar-refractivity contribution is 14.0. The Labute approximate surface area is 147 Å². The quantitative estimate of drug-likeness (QED) is 0.432. The highest BCUT2D eigenvalue weighted by Crippen LogP contribution is 2.36. The zero-order chi connectivity index (χ0) is 13.6. The molecule has 1 saturated heterocycles. The Hall–Kier alpha value is 0.0500. The lowest BCUT2D eigenvalue weighted by molar-refractivity contribution is 0.585. The Morgan fingerprint density at radius 1 is 1.45 bits per heavy atom. The van der Waals surface area contributed by atoms with Gasteiger partial charge in [0.2, 0.25) is 0 Å². The van der Waals surface area contributed by atoms with Crippen LogP contribution in [0.5, 0.6) is 0 Å². The minimum atomic E-state index is 0. The van der Waals surface area contributed by atoms with Crippen molar-refractivity contribution in [1.82, 2.24) is 10.6 Å². The fraction of sp³-hybridized carbons (Fsp3) is 0.643. The van der Waals surface area contributed by atoms with E-state index >= 15 is 0 Å². The summed E-state index contributed by atoms with van der Waals surface area (Å²) in [6.45, 7) is 4.27. The van der Waals surface area contributed by atoms with Crippen molar-refractivity contribution in [3.63, 3.8) is 0 Å². The normalized spacial score (nSPS) is 22.4. The lowest BCUT2D eigenvalue weighted by atomic mass is 10.1. The third-order valence-corrected chi connectivity index (χ3v) is 5.87. The van der Waals surface area contributed by atoms with Gasteiger partial charge in [-0.3, -0.25) is 4.99 Å². The van der Waals surface area contributed by atoms with Crippen molar-refractivity contribution in [2.45, 2.75) is 30.9 Å². The molecule has 114 valence electrons. The molecule has 0 amide bonds. The fourth-order valence-corrected chi connectivity index (χ4v) is 4.18. The van der Waals surface area contributed by atoms with Gasteiger partial charge in [-0.1, -0.05) is 6.07 Å². The molecule has 20 heavy (non-hydrogen) atoms. The van der Waals surface area contributed by atoms with Gasteiger partial charge >= 0.3 is 0 Å². The Bertz CT molecular complexity index is 401. The SMILES string of the molecule is CN=C(NCCc1cccs1)NCC1(C)CCCS1.I. The molecule has 1 aromatic rings. The summed E-state index contributed by atoms with van der Waals surface area (Å²) in [7, 11) is 1.84. The Morgan fingerprint density at radius 3 is 2.90 bits per heavy atom. The molecule has 1 aliphatic heterocycles. The van der Waals surface area contributed by atoms with E-state index < -0.39 is 0 Å². The lowest BCUT2D eigenvalue weighted by Crippen LogP contribution is -2.44. The number of aliphatic imine (C=N–C) groups is 1.